The number of hydrogen-bond acceptors (Lipinski definition) is 4. The standard InChI is InChI=1S/C30H34N2O3/c1-21(35-29(34)31-30(2,3)4)22-15-17-25(18-16-22)28(33)26-19-32(20-26)27(23-11-7-5-8-12-23)24-13-9-6-10-14-24/h5-18,21,26-27H,19-20H2,1-4H3,(H,31,34)/t21-/m0/s1. The number of hydrogen-bond donors (Lipinski definition) is 1. The minimum absolute atomic E-state index is 0.0259. The van der Waals surface area contributed by atoms with E-state index in [4.69, 9.17) is 4.74 Å². The zero-order valence-corrected chi connectivity index (χ0v) is 20.9. The van der Waals surface area contributed by atoms with Gasteiger partial charge in [0, 0.05) is 30.1 Å². The van der Waals surface area contributed by atoms with Crippen LogP contribution in [0.15, 0.2) is 84.9 Å². The van der Waals surface area contributed by atoms with Gasteiger partial charge in [-0.1, -0.05) is 84.9 Å². The van der Waals surface area contributed by atoms with E-state index in [0.717, 1.165) is 18.7 Å². The Morgan fingerprint density at radius 1 is 0.829 bits per heavy atom. The first-order valence-electron chi connectivity index (χ1n) is 12.2. The molecule has 0 spiro atoms. The topological polar surface area (TPSA) is 58.6 Å². The van der Waals surface area contributed by atoms with E-state index >= 15 is 0 Å². The lowest BCUT2D eigenvalue weighted by Gasteiger charge is -2.44. The molecule has 0 bridgehead atoms. The van der Waals surface area contributed by atoms with Crippen molar-refractivity contribution in [3.8, 4) is 0 Å². The number of carbonyl (C=O) groups is 2. The summed E-state index contributed by atoms with van der Waals surface area (Å²) in [6.45, 7) is 8.99. The first-order valence-corrected chi connectivity index (χ1v) is 12.2. The van der Waals surface area contributed by atoms with Crippen LogP contribution in [-0.4, -0.2) is 35.4 Å². The Balaban J connectivity index is 1.38. The second kappa shape index (κ2) is 10.4. The molecule has 182 valence electrons. The van der Waals surface area contributed by atoms with Gasteiger partial charge in [0.1, 0.15) is 6.10 Å². The lowest BCUT2D eigenvalue weighted by Crippen LogP contribution is -2.52. The first kappa shape index (κ1) is 24.7. The predicted molar refractivity (Wildman–Crippen MR) is 138 cm³/mol. The monoisotopic (exact) mass is 470 g/mol. The van der Waals surface area contributed by atoms with E-state index < -0.39 is 12.2 Å². The van der Waals surface area contributed by atoms with E-state index in [1.54, 1.807) is 0 Å². The molecule has 0 unspecified atom stereocenters. The highest BCUT2D eigenvalue weighted by Gasteiger charge is 2.38. The average Bonchev–Trinajstić information content (AvgIpc) is 2.80. The minimum Gasteiger partial charge on any atom is -0.442 e. The summed E-state index contributed by atoms with van der Waals surface area (Å²) in [5.74, 6) is 0.133. The summed E-state index contributed by atoms with van der Waals surface area (Å²) in [7, 11) is 0. The van der Waals surface area contributed by atoms with Crippen LogP contribution in [0.3, 0.4) is 0 Å². The molecule has 0 aromatic heterocycles. The molecule has 1 aliphatic heterocycles. The molecule has 1 N–H and O–H groups in total. The molecule has 1 atom stereocenters. The molecular weight excluding hydrogens is 436 g/mol. The fourth-order valence-corrected chi connectivity index (χ4v) is 4.49. The molecule has 35 heavy (non-hydrogen) atoms. The molecule has 0 radical (unpaired) electrons. The van der Waals surface area contributed by atoms with Gasteiger partial charge in [0.05, 0.1) is 6.04 Å². The molecule has 1 heterocycles. The second-order valence-corrected chi connectivity index (χ2v) is 10.3. The number of carbonyl (C=O) groups excluding carboxylic acids is 2. The Hall–Kier alpha value is -3.44. The van der Waals surface area contributed by atoms with Crippen LogP contribution in [0.1, 0.15) is 66.9 Å². The zero-order valence-electron chi connectivity index (χ0n) is 20.9. The number of benzene rings is 3. The highest BCUT2D eigenvalue weighted by atomic mass is 16.6. The summed E-state index contributed by atoms with van der Waals surface area (Å²) in [6, 6.07) is 28.5. The average molecular weight is 471 g/mol. The third kappa shape index (κ3) is 6.17. The minimum atomic E-state index is -0.453. The van der Waals surface area contributed by atoms with Gasteiger partial charge in [0.15, 0.2) is 5.78 Å². The number of rotatable bonds is 7. The molecule has 0 saturated carbocycles. The molecule has 1 amide bonds. The molecule has 5 heteroatoms. The van der Waals surface area contributed by atoms with Crippen molar-refractivity contribution in [3.05, 3.63) is 107 Å². The first-order chi connectivity index (χ1) is 16.7. The molecule has 5 nitrogen and oxygen atoms in total. The maximum Gasteiger partial charge on any atom is 0.408 e. The van der Waals surface area contributed by atoms with Crippen molar-refractivity contribution >= 4 is 11.9 Å². The molecule has 3 aromatic rings. The van der Waals surface area contributed by atoms with Crippen molar-refractivity contribution in [2.24, 2.45) is 5.92 Å². The van der Waals surface area contributed by atoms with Crippen molar-refractivity contribution < 1.29 is 14.3 Å². The highest BCUT2D eigenvalue weighted by molar-refractivity contribution is 5.98. The Morgan fingerprint density at radius 2 is 1.34 bits per heavy atom. The van der Waals surface area contributed by atoms with Gasteiger partial charge in [0.25, 0.3) is 0 Å². The summed E-state index contributed by atoms with van der Waals surface area (Å²) in [4.78, 5) is 27.6. The van der Waals surface area contributed by atoms with Crippen molar-refractivity contribution in [2.75, 3.05) is 13.1 Å². The van der Waals surface area contributed by atoms with Gasteiger partial charge in [-0.3, -0.25) is 9.69 Å². The fraction of sp³-hybridized carbons (Fsp3) is 0.333. The maximum absolute atomic E-state index is 13.2. The lowest BCUT2D eigenvalue weighted by molar-refractivity contribution is 0.0503. The second-order valence-electron chi connectivity index (χ2n) is 10.3. The van der Waals surface area contributed by atoms with Crippen molar-refractivity contribution in [2.45, 2.75) is 45.4 Å². The molecule has 1 aliphatic rings. The number of alkyl carbamates (subject to hydrolysis) is 1. The van der Waals surface area contributed by atoms with Gasteiger partial charge in [-0.05, 0) is 44.4 Å². The van der Waals surface area contributed by atoms with E-state index in [0.29, 0.717) is 5.56 Å². The Kier molecular flexibility index (Phi) is 7.37. The van der Waals surface area contributed by atoms with Crippen LogP contribution in [0.2, 0.25) is 0 Å². The van der Waals surface area contributed by atoms with Gasteiger partial charge in [0.2, 0.25) is 0 Å². The van der Waals surface area contributed by atoms with Crippen LogP contribution in [0, 0.1) is 5.92 Å². The molecule has 1 fully saturated rings. The van der Waals surface area contributed by atoms with E-state index in [2.05, 4.69) is 58.7 Å². The van der Waals surface area contributed by atoms with E-state index in [1.165, 1.54) is 11.1 Å². The number of Topliss-reactive ketones (excluding diaryl/α,β-unsaturated/α-hetero) is 1. The lowest BCUT2D eigenvalue weighted by atomic mass is 9.86. The van der Waals surface area contributed by atoms with Crippen LogP contribution in [0.4, 0.5) is 4.79 Å². The van der Waals surface area contributed by atoms with Crippen molar-refractivity contribution in [1.29, 1.82) is 0 Å². The predicted octanol–water partition coefficient (Wildman–Crippen LogP) is 6.18. The largest absolute Gasteiger partial charge is 0.442 e. The van der Waals surface area contributed by atoms with Gasteiger partial charge in [-0.2, -0.15) is 0 Å². The quantitative estimate of drug-likeness (QED) is 0.419. The molecule has 4 rings (SSSR count). The number of amides is 1. The third-order valence-corrected chi connectivity index (χ3v) is 6.30. The normalized spacial score (nSPS) is 15.3. The van der Waals surface area contributed by atoms with Crippen molar-refractivity contribution in [3.63, 3.8) is 0 Å². The SMILES string of the molecule is C[C@H](OC(=O)NC(C)(C)C)c1ccc(C(=O)C2CN(C(c3ccccc3)c3ccccc3)C2)cc1. The highest BCUT2D eigenvalue weighted by Crippen LogP contribution is 2.35. The Labute approximate surface area is 208 Å². The summed E-state index contributed by atoms with van der Waals surface area (Å²) in [5, 5.41) is 2.80. The summed E-state index contributed by atoms with van der Waals surface area (Å²) < 4.78 is 5.48. The van der Waals surface area contributed by atoms with Crippen molar-refractivity contribution in [1.82, 2.24) is 10.2 Å². The van der Waals surface area contributed by atoms with Crippen LogP contribution < -0.4 is 5.32 Å². The summed E-state index contributed by atoms with van der Waals surface area (Å²) in [5.41, 5.74) is 3.66. The van der Waals surface area contributed by atoms with E-state index in [-0.39, 0.29) is 23.3 Å². The number of ether oxygens (including phenoxy) is 1. The van der Waals surface area contributed by atoms with E-state index in [1.807, 2.05) is 64.1 Å². The fourth-order valence-electron chi connectivity index (χ4n) is 4.49. The summed E-state index contributed by atoms with van der Waals surface area (Å²) >= 11 is 0. The Morgan fingerprint density at radius 3 is 1.83 bits per heavy atom. The zero-order chi connectivity index (χ0) is 25.0. The van der Waals surface area contributed by atoms with Crippen LogP contribution in [-0.2, 0) is 4.74 Å². The number of nitrogens with one attached hydrogen (secondary N) is 1. The number of nitrogens with zero attached hydrogens (tertiary/aromatic N) is 1. The number of likely N-dealkylation sites (tertiary alicyclic amines) is 1. The smallest absolute Gasteiger partial charge is 0.408 e. The Bertz CT molecular complexity index is 1090. The van der Waals surface area contributed by atoms with Crippen LogP contribution in [0.5, 0.6) is 0 Å². The third-order valence-electron chi connectivity index (χ3n) is 6.30. The van der Waals surface area contributed by atoms with Gasteiger partial charge >= 0.3 is 6.09 Å². The number of ketones is 1. The van der Waals surface area contributed by atoms with Gasteiger partial charge in [-0.15, -0.1) is 0 Å². The molecular formula is C30H34N2O3. The van der Waals surface area contributed by atoms with Gasteiger partial charge < -0.3 is 10.1 Å². The van der Waals surface area contributed by atoms with Crippen LogP contribution >= 0.6 is 0 Å². The van der Waals surface area contributed by atoms with Gasteiger partial charge in [-0.25, -0.2) is 4.79 Å². The maximum atomic E-state index is 13.2. The molecule has 0 aliphatic carbocycles. The molecule has 3 aromatic carbocycles. The van der Waals surface area contributed by atoms with E-state index in [9.17, 15) is 9.59 Å². The van der Waals surface area contributed by atoms with Crippen LogP contribution in [0.25, 0.3) is 0 Å². The summed E-state index contributed by atoms with van der Waals surface area (Å²) in [6.07, 6.45) is -0.857. The molecule has 1 saturated heterocycles.